The number of benzene rings is 2. The molecule has 0 bridgehead atoms. The van der Waals surface area contributed by atoms with Crippen LogP contribution in [-0.4, -0.2) is 7.05 Å². The molecule has 0 spiro atoms. The van der Waals surface area contributed by atoms with Crippen molar-refractivity contribution in [2.75, 3.05) is 7.05 Å². The molecule has 0 aromatic heterocycles. The van der Waals surface area contributed by atoms with Crippen LogP contribution in [0, 0.1) is 5.82 Å². The highest BCUT2D eigenvalue weighted by atomic mass is 79.9. The standard InChI is InChI=1S/C17H19BrFN/c1-20-17(15-11-10-14(19)12-16(15)18)9-5-8-13-6-3-2-4-7-13/h2-4,6-7,10-12,17,20H,5,8-9H2,1H3. The molecule has 2 rings (SSSR count). The second kappa shape index (κ2) is 7.55. The first kappa shape index (κ1) is 15.2. The molecule has 0 heterocycles. The van der Waals surface area contributed by atoms with Crippen LogP contribution in [0.25, 0.3) is 0 Å². The van der Waals surface area contributed by atoms with Crippen molar-refractivity contribution in [1.29, 1.82) is 0 Å². The molecular weight excluding hydrogens is 317 g/mol. The Bertz CT molecular complexity index is 542. The summed E-state index contributed by atoms with van der Waals surface area (Å²) in [5, 5.41) is 3.31. The van der Waals surface area contributed by atoms with Crippen LogP contribution < -0.4 is 5.32 Å². The van der Waals surface area contributed by atoms with Crippen LogP contribution in [0.4, 0.5) is 4.39 Å². The zero-order valence-electron chi connectivity index (χ0n) is 11.6. The lowest BCUT2D eigenvalue weighted by Gasteiger charge is -2.18. The van der Waals surface area contributed by atoms with Crippen molar-refractivity contribution in [2.45, 2.75) is 25.3 Å². The molecule has 2 aromatic carbocycles. The number of aryl methyl sites for hydroxylation is 1. The van der Waals surface area contributed by atoms with Crippen molar-refractivity contribution < 1.29 is 4.39 Å². The summed E-state index contributed by atoms with van der Waals surface area (Å²) in [6.45, 7) is 0. The third kappa shape index (κ3) is 4.15. The highest BCUT2D eigenvalue weighted by molar-refractivity contribution is 9.10. The van der Waals surface area contributed by atoms with Crippen LogP contribution in [0.3, 0.4) is 0 Å². The van der Waals surface area contributed by atoms with Gasteiger partial charge in [-0.25, -0.2) is 4.39 Å². The summed E-state index contributed by atoms with van der Waals surface area (Å²) >= 11 is 3.45. The number of rotatable bonds is 6. The van der Waals surface area contributed by atoms with Crippen molar-refractivity contribution >= 4 is 15.9 Å². The van der Waals surface area contributed by atoms with Crippen molar-refractivity contribution in [2.24, 2.45) is 0 Å². The second-order valence-electron chi connectivity index (χ2n) is 4.88. The van der Waals surface area contributed by atoms with Gasteiger partial charge in [-0.1, -0.05) is 52.3 Å². The highest BCUT2D eigenvalue weighted by Crippen LogP contribution is 2.27. The van der Waals surface area contributed by atoms with Gasteiger partial charge in [-0.3, -0.25) is 0 Å². The van der Waals surface area contributed by atoms with E-state index in [1.54, 1.807) is 0 Å². The van der Waals surface area contributed by atoms with Crippen LogP contribution in [0.5, 0.6) is 0 Å². The summed E-state index contributed by atoms with van der Waals surface area (Å²) in [6.07, 6.45) is 3.19. The van der Waals surface area contributed by atoms with E-state index < -0.39 is 0 Å². The van der Waals surface area contributed by atoms with E-state index in [0.717, 1.165) is 29.3 Å². The Morgan fingerprint density at radius 3 is 2.55 bits per heavy atom. The van der Waals surface area contributed by atoms with E-state index in [4.69, 9.17) is 0 Å². The summed E-state index contributed by atoms with van der Waals surface area (Å²) < 4.78 is 14.0. The molecule has 0 radical (unpaired) electrons. The summed E-state index contributed by atoms with van der Waals surface area (Å²) in [6, 6.07) is 15.6. The number of hydrogen-bond donors (Lipinski definition) is 1. The van der Waals surface area contributed by atoms with Gasteiger partial charge in [0.2, 0.25) is 0 Å². The smallest absolute Gasteiger partial charge is 0.124 e. The van der Waals surface area contributed by atoms with Crippen molar-refractivity contribution in [3.8, 4) is 0 Å². The van der Waals surface area contributed by atoms with E-state index in [1.807, 2.05) is 19.2 Å². The predicted molar refractivity (Wildman–Crippen MR) is 85.3 cm³/mol. The lowest BCUT2D eigenvalue weighted by atomic mass is 9.99. The highest BCUT2D eigenvalue weighted by Gasteiger charge is 2.12. The molecule has 1 nitrogen and oxygen atoms in total. The molecule has 20 heavy (non-hydrogen) atoms. The van der Waals surface area contributed by atoms with E-state index in [-0.39, 0.29) is 11.9 Å². The average Bonchev–Trinajstić information content (AvgIpc) is 2.46. The van der Waals surface area contributed by atoms with Crippen LogP contribution in [0.1, 0.15) is 30.0 Å². The predicted octanol–water partition coefficient (Wildman–Crippen LogP) is 4.87. The van der Waals surface area contributed by atoms with Crippen LogP contribution >= 0.6 is 15.9 Å². The lowest BCUT2D eigenvalue weighted by molar-refractivity contribution is 0.523. The molecule has 0 aliphatic rings. The fourth-order valence-corrected chi connectivity index (χ4v) is 3.02. The normalized spacial score (nSPS) is 12.3. The number of hydrogen-bond acceptors (Lipinski definition) is 1. The Hall–Kier alpha value is -1.19. The zero-order chi connectivity index (χ0) is 14.4. The molecule has 106 valence electrons. The Morgan fingerprint density at radius 1 is 1.15 bits per heavy atom. The van der Waals surface area contributed by atoms with E-state index in [2.05, 4.69) is 45.5 Å². The molecule has 1 unspecified atom stereocenters. The third-order valence-corrected chi connectivity index (χ3v) is 4.17. The van der Waals surface area contributed by atoms with Gasteiger partial charge < -0.3 is 5.32 Å². The molecule has 0 fully saturated rings. The largest absolute Gasteiger partial charge is 0.313 e. The SMILES string of the molecule is CNC(CCCc1ccccc1)c1ccc(F)cc1Br. The fourth-order valence-electron chi connectivity index (χ4n) is 2.39. The number of nitrogens with one attached hydrogen (secondary N) is 1. The Kier molecular flexibility index (Phi) is 5.74. The summed E-state index contributed by atoms with van der Waals surface area (Å²) in [4.78, 5) is 0. The third-order valence-electron chi connectivity index (χ3n) is 3.49. The molecule has 1 N–H and O–H groups in total. The second-order valence-corrected chi connectivity index (χ2v) is 5.74. The van der Waals surface area contributed by atoms with Gasteiger partial charge in [0.25, 0.3) is 0 Å². The maximum Gasteiger partial charge on any atom is 0.124 e. The molecule has 0 aliphatic heterocycles. The maximum absolute atomic E-state index is 13.1. The van der Waals surface area contributed by atoms with Crippen LogP contribution in [0.15, 0.2) is 53.0 Å². The van der Waals surface area contributed by atoms with Gasteiger partial charge in [0.05, 0.1) is 0 Å². The fraction of sp³-hybridized carbons (Fsp3) is 0.294. The van der Waals surface area contributed by atoms with Crippen molar-refractivity contribution in [1.82, 2.24) is 5.32 Å². The van der Waals surface area contributed by atoms with Gasteiger partial charge in [-0.05, 0) is 49.6 Å². The first-order valence-corrected chi connectivity index (χ1v) is 7.66. The van der Waals surface area contributed by atoms with Gasteiger partial charge in [-0.15, -0.1) is 0 Å². The topological polar surface area (TPSA) is 12.0 Å². The van der Waals surface area contributed by atoms with Crippen LogP contribution in [-0.2, 0) is 6.42 Å². The molecule has 0 amide bonds. The molecule has 3 heteroatoms. The average molecular weight is 336 g/mol. The van der Waals surface area contributed by atoms with Crippen molar-refractivity contribution in [3.05, 3.63) is 69.9 Å². The zero-order valence-corrected chi connectivity index (χ0v) is 13.2. The summed E-state index contributed by atoms with van der Waals surface area (Å²) in [5.41, 5.74) is 2.47. The monoisotopic (exact) mass is 335 g/mol. The molecule has 0 saturated carbocycles. The van der Waals surface area contributed by atoms with Gasteiger partial charge in [0, 0.05) is 10.5 Å². The molecule has 0 aliphatic carbocycles. The van der Waals surface area contributed by atoms with E-state index in [1.165, 1.54) is 17.7 Å². The van der Waals surface area contributed by atoms with Gasteiger partial charge in [-0.2, -0.15) is 0 Å². The Balaban J connectivity index is 1.95. The summed E-state index contributed by atoms with van der Waals surface area (Å²) in [5.74, 6) is -0.209. The van der Waals surface area contributed by atoms with E-state index in [9.17, 15) is 4.39 Å². The van der Waals surface area contributed by atoms with Crippen molar-refractivity contribution in [3.63, 3.8) is 0 Å². The molecule has 2 aromatic rings. The first-order valence-electron chi connectivity index (χ1n) is 6.87. The van der Waals surface area contributed by atoms with Gasteiger partial charge in [0.15, 0.2) is 0 Å². The Labute approximate surface area is 128 Å². The minimum absolute atomic E-state index is 0.209. The minimum atomic E-state index is -0.209. The first-order chi connectivity index (χ1) is 9.70. The van der Waals surface area contributed by atoms with Crippen LogP contribution in [0.2, 0.25) is 0 Å². The lowest BCUT2D eigenvalue weighted by Crippen LogP contribution is -2.17. The van der Waals surface area contributed by atoms with E-state index >= 15 is 0 Å². The van der Waals surface area contributed by atoms with Gasteiger partial charge in [0.1, 0.15) is 5.82 Å². The quantitative estimate of drug-likeness (QED) is 0.793. The Morgan fingerprint density at radius 2 is 1.90 bits per heavy atom. The van der Waals surface area contributed by atoms with E-state index in [0.29, 0.717) is 0 Å². The molecule has 1 atom stereocenters. The minimum Gasteiger partial charge on any atom is -0.313 e. The number of halogens is 2. The molecule has 0 saturated heterocycles. The molecular formula is C17H19BrFN. The maximum atomic E-state index is 13.1. The van der Waals surface area contributed by atoms with Gasteiger partial charge >= 0.3 is 0 Å². The summed E-state index contributed by atoms with van der Waals surface area (Å²) in [7, 11) is 1.95.